The Labute approximate surface area is 121 Å². The third-order valence-electron chi connectivity index (χ3n) is 2.88. The van der Waals surface area contributed by atoms with Crippen molar-refractivity contribution in [1.29, 1.82) is 0 Å². The Morgan fingerprint density at radius 1 is 1.11 bits per heavy atom. The highest BCUT2D eigenvalue weighted by Gasteiger charge is 2.03. The van der Waals surface area contributed by atoms with E-state index >= 15 is 0 Å². The highest BCUT2D eigenvalue weighted by Crippen LogP contribution is 2.03. The predicted molar refractivity (Wildman–Crippen MR) is 80.2 cm³/mol. The minimum atomic E-state index is -2.11. The van der Waals surface area contributed by atoms with E-state index in [1.54, 1.807) is 36.5 Å². The van der Waals surface area contributed by atoms with Crippen molar-refractivity contribution in [2.45, 2.75) is 19.7 Å². The predicted octanol–water partition coefficient (Wildman–Crippen LogP) is 3.19. The highest BCUT2D eigenvalue weighted by molar-refractivity contribution is 5.14. The highest BCUT2D eigenvalue weighted by atomic mass is 15.1. The molecule has 0 unspecified atom stereocenters. The third kappa shape index (κ3) is 4.84. The standard InChI is InChI=1S/C17H22N2/c1-2-19(14-11-16-8-4-3-5-9-16)15-12-17-10-6-7-13-18-17/h3-10,13H,2,11-12,14-15H2,1H3/i11D2,14D2. The largest absolute Gasteiger partial charge is 0.303 e. The van der Waals surface area contributed by atoms with Crippen molar-refractivity contribution >= 4 is 0 Å². The van der Waals surface area contributed by atoms with Crippen LogP contribution in [0.4, 0.5) is 0 Å². The second kappa shape index (κ2) is 7.70. The maximum atomic E-state index is 8.39. The van der Waals surface area contributed by atoms with Gasteiger partial charge in [0.05, 0.1) is 0 Å². The van der Waals surface area contributed by atoms with E-state index in [0.717, 1.165) is 5.69 Å². The minimum absolute atomic E-state index is 0.348. The molecule has 2 aromatic rings. The monoisotopic (exact) mass is 258 g/mol. The molecule has 1 aromatic heterocycles. The number of nitrogens with zero attached hydrogens (tertiary/aromatic N) is 2. The molecule has 1 heterocycles. The van der Waals surface area contributed by atoms with Crippen LogP contribution in [-0.4, -0.2) is 29.5 Å². The van der Waals surface area contributed by atoms with E-state index in [2.05, 4.69) is 4.98 Å². The molecule has 0 aliphatic rings. The molecule has 1 aromatic carbocycles. The van der Waals surface area contributed by atoms with Gasteiger partial charge in [0.15, 0.2) is 0 Å². The normalized spacial score (nSPS) is 15.5. The van der Waals surface area contributed by atoms with Crippen LogP contribution in [-0.2, 0) is 12.8 Å². The molecule has 19 heavy (non-hydrogen) atoms. The van der Waals surface area contributed by atoms with Crippen LogP contribution in [0, 0.1) is 0 Å². The summed E-state index contributed by atoms with van der Waals surface area (Å²) in [6.07, 6.45) is 0.191. The molecule has 0 atom stereocenters. The Bertz CT molecular complexity index is 603. The maximum Gasteiger partial charge on any atom is 0.0434 e. The van der Waals surface area contributed by atoms with Crippen LogP contribution in [0.1, 0.15) is 23.7 Å². The summed E-state index contributed by atoms with van der Waals surface area (Å²) in [5, 5.41) is 0. The number of hydrogen-bond donors (Lipinski definition) is 0. The average Bonchev–Trinajstić information content (AvgIpc) is 2.57. The van der Waals surface area contributed by atoms with E-state index in [9.17, 15) is 0 Å². The van der Waals surface area contributed by atoms with Crippen LogP contribution in [0.25, 0.3) is 0 Å². The van der Waals surface area contributed by atoms with Gasteiger partial charge in [0, 0.05) is 36.8 Å². The topological polar surface area (TPSA) is 16.1 Å². The van der Waals surface area contributed by atoms with Gasteiger partial charge in [0.25, 0.3) is 0 Å². The molecular weight excluding hydrogens is 232 g/mol. The van der Waals surface area contributed by atoms with Crippen molar-refractivity contribution in [3.63, 3.8) is 0 Å². The second-order valence-corrected chi connectivity index (χ2v) is 4.25. The first-order valence-corrected chi connectivity index (χ1v) is 6.60. The van der Waals surface area contributed by atoms with Gasteiger partial charge >= 0.3 is 0 Å². The lowest BCUT2D eigenvalue weighted by molar-refractivity contribution is 0.294. The van der Waals surface area contributed by atoms with E-state index in [4.69, 9.17) is 5.48 Å². The lowest BCUT2D eigenvalue weighted by Crippen LogP contribution is -2.28. The quantitative estimate of drug-likeness (QED) is 0.758. The number of rotatable bonds is 7. The maximum absolute atomic E-state index is 8.39. The number of hydrogen-bond acceptors (Lipinski definition) is 2. The zero-order valence-corrected chi connectivity index (χ0v) is 11.2. The lowest BCUT2D eigenvalue weighted by Gasteiger charge is -2.20. The molecule has 0 aliphatic carbocycles. The Kier molecular flexibility index (Phi) is 3.75. The lowest BCUT2D eigenvalue weighted by atomic mass is 10.1. The summed E-state index contributed by atoms with van der Waals surface area (Å²) in [7, 11) is 0. The minimum Gasteiger partial charge on any atom is -0.303 e. The zero-order valence-electron chi connectivity index (χ0n) is 15.2. The van der Waals surface area contributed by atoms with E-state index in [-0.39, 0.29) is 0 Å². The Balaban J connectivity index is 2.17. The molecule has 0 saturated carbocycles. The molecule has 2 rings (SSSR count). The third-order valence-corrected chi connectivity index (χ3v) is 2.88. The van der Waals surface area contributed by atoms with Crippen molar-refractivity contribution in [2.24, 2.45) is 0 Å². The Morgan fingerprint density at radius 3 is 2.58 bits per heavy atom. The molecule has 0 amide bonds. The first-order chi connectivity index (χ1) is 10.9. The first kappa shape index (κ1) is 9.27. The summed E-state index contributed by atoms with van der Waals surface area (Å²) >= 11 is 0. The SMILES string of the molecule is [2H]C([2H])(c1ccccc1)C([2H])([2H])N(CC)CCc1ccccn1. The van der Waals surface area contributed by atoms with Crippen molar-refractivity contribution in [3.05, 3.63) is 66.0 Å². The second-order valence-electron chi connectivity index (χ2n) is 4.25. The molecule has 0 N–H and O–H groups in total. The molecule has 2 heteroatoms. The van der Waals surface area contributed by atoms with Gasteiger partial charge < -0.3 is 4.90 Å². The van der Waals surface area contributed by atoms with Crippen molar-refractivity contribution in [1.82, 2.24) is 9.88 Å². The van der Waals surface area contributed by atoms with Crippen LogP contribution in [0.3, 0.4) is 0 Å². The fourth-order valence-corrected chi connectivity index (χ4v) is 1.75. The summed E-state index contributed by atoms with van der Waals surface area (Å²) in [5.74, 6) is 0. The number of aromatic nitrogens is 1. The van der Waals surface area contributed by atoms with Gasteiger partial charge in [-0.1, -0.05) is 43.3 Å². The Morgan fingerprint density at radius 2 is 1.89 bits per heavy atom. The van der Waals surface area contributed by atoms with Gasteiger partial charge in [-0.3, -0.25) is 4.98 Å². The van der Waals surface area contributed by atoms with E-state index in [1.165, 1.54) is 4.90 Å². The molecule has 0 saturated heterocycles. The van der Waals surface area contributed by atoms with Crippen LogP contribution in [0.5, 0.6) is 0 Å². The molecule has 0 bridgehead atoms. The van der Waals surface area contributed by atoms with Crippen LogP contribution < -0.4 is 0 Å². The van der Waals surface area contributed by atoms with Gasteiger partial charge in [-0.2, -0.15) is 0 Å². The van der Waals surface area contributed by atoms with E-state index in [0.29, 0.717) is 25.1 Å². The van der Waals surface area contributed by atoms with Gasteiger partial charge in [-0.05, 0) is 30.6 Å². The number of likely N-dealkylation sites (N-methyl/N-ethyl adjacent to an activating group) is 1. The van der Waals surface area contributed by atoms with Gasteiger partial charge in [-0.25, -0.2) is 0 Å². The zero-order chi connectivity index (χ0) is 16.9. The summed E-state index contributed by atoms with van der Waals surface area (Å²) in [4.78, 5) is 5.78. The molecular formula is C17H22N2. The average molecular weight is 258 g/mol. The number of pyridine rings is 1. The van der Waals surface area contributed by atoms with Crippen molar-refractivity contribution < 1.29 is 5.48 Å². The molecule has 0 aliphatic heterocycles. The Hall–Kier alpha value is -1.67. The molecule has 0 radical (unpaired) electrons. The fourth-order valence-electron chi connectivity index (χ4n) is 1.75. The summed E-state index contributed by atoms with van der Waals surface area (Å²) in [6.45, 7) is 0.564. The van der Waals surface area contributed by atoms with Gasteiger partial charge in [0.1, 0.15) is 0 Å². The number of aryl methyl sites for hydroxylation is 1. The van der Waals surface area contributed by atoms with Gasteiger partial charge in [-0.15, -0.1) is 0 Å². The van der Waals surface area contributed by atoms with Crippen LogP contribution in [0.2, 0.25) is 0 Å². The molecule has 0 fully saturated rings. The number of benzene rings is 1. The van der Waals surface area contributed by atoms with E-state index in [1.807, 2.05) is 25.1 Å². The smallest absolute Gasteiger partial charge is 0.0434 e. The molecule has 0 spiro atoms. The summed E-state index contributed by atoms with van der Waals surface area (Å²) in [5.41, 5.74) is 1.23. The van der Waals surface area contributed by atoms with E-state index < -0.39 is 12.9 Å². The fraction of sp³-hybridized carbons (Fsp3) is 0.353. The molecule has 100 valence electrons. The first-order valence-electron chi connectivity index (χ1n) is 8.60. The van der Waals surface area contributed by atoms with Gasteiger partial charge in [0.2, 0.25) is 0 Å². The van der Waals surface area contributed by atoms with Crippen molar-refractivity contribution in [3.8, 4) is 0 Å². The molecule has 2 nitrogen and oxygen atoms in total. The summed E-state index contributed by atoms with van der Waals surface area (Å²) in [6, 6.07) is 14.2. The summed E-state index contributed by atoms with van der Waals surface area (Å²) < 4.78 is 33.4. The van der Waals surface area contributed by atoms with Crippen molar-refractivity contribution in [2.75, 3.05) is 19.6 Å². The van der Waals surface area contributed by atoms with Crippen LogP contribution >= 0.6 is 0 Å². The van der Waals surface area contributed by atoms with Crippen LogP contribution in [0.15, 0.2) is 54.7 Å².